The quantitative estimate of drug-likeness (QED) is 0.857. The van der Waals surface area contributed by atoms with Crippen LogP contribution < -0.4 is 5.32 Å². The second kappa shape index (κ2) is 6.15. The molecule has 21 heavy (non-hydrogen) atoms. The van der Waals surface area contributed by atoms with Crippen molar-refractivity contribution in [2.24, 2.45) is 5.92 Å². The van der Waals surface area contributed by atoms with Crippen LogP contribution in [0.1, 0.15) is 31.9 Å². The summed E-state index contributed by atoms with van der Waals surface area (Å²) in [6.07, 6.45) is 0.646. The molecule has 1 heterocycles. The van der Waals surface area contributed by atoms with E-state index in [1.165, 1.54) is 7.11 Å². The smallest absolute Gasteiger partial charge is 0.310 e. The maximum atomic E-state index is 12.5. The highest BCUT2D eigenvalue weighted by Crippen LogP contribution is 2.35. The number of hydrogen-bond donors (Lipinski definition) is 1. The molecule has 1 aliphatic heterocycles. The number of esters is 1. The van der Waals surface area contributed by atoms with Crippen LogP contribution in [0.5, 0.6) is 0 Å². The number of carbonyl (C=O) groups is 1. The van der Waals surface area contributed by atoms with Crippen LogP contribution in [0.2, 0.25) is 0 Å². The Balaban J connectivity index is 2.48. The van der Waals surface area contributed by atoms with Crippen LogP contribution in [0.3, 0.4) is 0 Å². The Morgan fingerprint density at radius 2 is 2.00 bits per heavy atom. The molecular weight excluding hydrogens is 290 g/mol. The van der Waals surface area contributed by atoms with Crippen molar-refractivity contribution in [3.63, 3.8) is 0 Å². The van der Waals surface area contributed by atoms with Crippen LogP contribution in [-0.2, 0) is 19.4 Å². The summed E-state index contributed by atoms with van der Waals surface area (Å²) in [6, 6.07) is 6.57. The second-order valence-corrected chi connectivity index (χ2v) is 7.95. The zero-order valence-corrected chi connectivity index (χ0v) is 13.3. The Bertz CT molecular complexity index is 624. The van der Waals surface area contributed by atoms with Gasteiger partial charge in [0.1, 0.15) is 0 Å². The highest BCUT2D eigenvalue weighted by molar-refractivity contribution is 7.92. The predicted octanol–water partition coefficient (Wildman–Crippen LogP) is 1.69. The van der Waals surface area contributed by atoms with Gasteiger partial charge in [0, 0.05) is 6.04 Å². The molecule has 1 aliphatic rings. The van der Waals surface area contributed by atoms with Gasteiger partial charge in [-0.15, -0.1) is 0 Å². The molecule has 2 atom stereocenters. The Labute approximate surface area is 125 Å². The first-order chi connectivity index (χ1) is 9.89. The van der Waals surface area contributed by atoms with Crippen LogP contribution in [-0.4, -0.2) is 33.3 Å². The highest BCUT2D eigenvalue weighted by atomic mass is 32.2. The van der Waals surface area contributed by atoms with Gasteiger partial charge in [0.25, 0.3) is 0 Å². The predicted molar refractivity (Wildman–Crippen MR) is 79.6 cm³/mol. The molecule has 0 radical (unpaired) electrons. The lowest BCUT2D eigenvalue weighted by Gasteiger charge is -2.21. The molecule has 1 aromatic rings. The summed E-state index contributed by atoms with van der Waals surface area (Å²) < 4.78 is 29.9. The number of ether oxygens (including phenoxy) is 1. The van der Waals surface area contributed by atoms with E-state index < -0.39 is 15.1 Å². The zero-order chi connectivity index (χ0) is 15.6. The zero-order valence-electron chi connectivity index (χ0n) is 12.5. The van der Waals surface area contributed by atoms with Gasteiger partial charge in [0.15, 0.2) is 9.84 Å². The molecule has 1 fully saturated rings. The molecule has 6 heteroatoms. The minimum atomic E-state index is -3.39. The van der Waals surface area contributed by atoms with E-state index >= 15 is 0 Å². The summed E-state index contributed by atoms with van der Waals surface area (Å²) in [6.45, 7) is 3.98. The normalized spacial score (nSPS) is 22.5. The number of sulfone groups is 1. The van der Waals surface area contributed by atoms with E-state index in [4.69, 9.17) is 4.74 Å². The van der Waals surface area contributed by atoms with Gasteiger partial charge in [-0.1, -0.05) is 18.2 Å². The molecular formula is C15H21NO4S. The summed E-state index contributed by atoms with van der Waals surface area (Å²) in [5.74, 6) is -0.653. The summed E-state index contributed by atoms with van der Waals surface area (Å²) in [7, 11) is -2.04. The molecule has 1 aromatic carbocycles. The van der Waals surface area contributed by atoms with Crippen LogP contribution in [0.25, 0.3) is 0 Å². The van der Waals surface area contributed by atoms with Crippen molar-refractivity contribution in [2.45, 2.75) is 36.5 Å². The van der Waals surface area contributed by atoms with Crippen molar-refractivity contribution < 1.29 is 17.9 Å². The fourth-order valence-corrected chi connectivity index (χ4v) is 3.99. The fourth-order valence-electron chi connectivity index (χ4n) is 2.69. The number of nitrogens with one attached hydrogen (secondary N) is 1. The first-order valence-electron chi connectivity index (χ1n) is 7.03. The van der Waals surface area contributed by atoms with Crippen LogP contribution >= 0.6 is 0 Å². The van der Waals surface area contributed by atoms with Gasteiger partial charge in [0.05, 0.1) is 23.2 Å². The van der Waals surface area contributed by atoms with Crippen molar-refractivity contribution in [3.05, 3.63) is 29.8 Å². The average Bonchev–Trinajstić information content (AvgIpc) is 2.95. The summed E-state index contributed by atoms with van der Waals surface area (Å²) in [5.41, 5.74) is 0.652. The SMILES string of the molecule is COC(=O)C1CCNC1c1ccccc1S(=O)(=O)C(C)C. The van der Waals surface area contributed by atoms with Crippen molar-refractivity contribution in [2.75, 3.05) is 13.7 Å². The van der Waals surface area contributed by atoms with E-state index in [0.29, 0.717) is 23.4 Å². The van der Waals surface area contributed by atoms with Gasteiger partial charge in [-0.3, -0.25) is 4.79 Å². The van der Waals surface area contributed by atoms with Crippen molar-refractivity contribution in [1.82, 2.24) is 5.32 Å². The number of methoxy groups -OCH3 is 1. The molecule has 2 unspecified atom stereocenters. The largest absolute Gasteiger partial charge is 0.469 e. The number of hydrogen-bond acceptors (Lipinski definition) is 5. The molecule has 0 bridgehead atoms. The molecule has 0 aromatic heterocycles. The first kappa shape index (κ1) is 16.0. The van der Waals surface area contributed by atoms with E-state index in [2.05, 4.69) is 5.32 Å². The number of carbonyl (C=O) groups excluding carboxylic acids is 1. The van der Waals surface area contributed by atoms with Gasteiger partial charge in [0.2, 0.25) is 0 Å². The molecule has 1 saturated heterocycles. The number of rotatable bonds is 4. The first-order valence-corrected chi connectivity index (χ1v) is 8.58. The van der Waals surface area contributed by atoms with E-state index in [9.17, 15) is 13.2 Å². The Kier molecular flexibility index (Phi) is 4.68. The molecule has 0 amide bonds. The summed E-state index contributed by atoms with van der Waals surface area (Å²) in [5, 5.41) is 2.72. The van der Waals surface area contributed by atoms with Gasteiger partial charge >= 0.3 is 5.97 Å². The second-order valence-electron chi connectivity index (χ2n) is 5.48. The average molecular weight is 311 g/mol. The molecule has 5 nitrogen and oxygen atoms in total. The molecule has 116 valence electrons. The topological polar surface area (TPSA) is 72.5 Å². The van der Waals surface area contributed by atoms with Gasteiger partial charge < -0.3 is 10.1 Å². The van der Waals surface area contributed by atoms with Gasteiger partial charge in [-0.05, 0) is 38.4 Å². The maximum Gasteiger partial charge on any atom is 0.310 e. The van der Waals surface area contributed by atoms with E-state index in [1.807, 2.05) is 0 Å². The monoisotopic (exact) mass is 311 g/mol. The van der Waals surface area contributed by atoms with Crippen LogP contribution in [0.15, 0.2) is 29.2 Å². The summed E-state index contributed by atoms with van der Waals surface area (Å²) in [4.78, 5) is 12.2. The van der Waals surface area contributed by atoms with Crippen molar-refractivity contribution in [1.29, 1.82) is 0 Å². The summed E-state index contributed by atoms with van der Waals surface area (Å²) >= 11 is 0. The number of benzene rings is 1. The Morgan fingerprint density at radius 1 is 1.33 bits per heavy atom. The van der Waals surface area contributed by atoms with Gasteiger partial charge in [-0.25, -0.2) is 8.42 Å². The van der Waals surface area contributed by atoms with E-state index in [0.717, 1.165) is 0 Å². The lowest BCUT2D eigenvalue weighted by molar-refractivity contribution is -0.145. The third-order valence-electron chi connectivity index (χ3n) is 3.91. The van der Waals surface area contributed by atoms with Gasteiger partial charge in [-0.2, -0.15) is 0 Å². The lowest BCUT2D eigenvalue weighted by atomic mass is 9.94. The van der Waals surface area contributed by atoms with Crippen molar-refractivity contribution in [3.8, 4) is 0 Å². The standard InChI is InChI=1S/C15H21NO4S/c1-10(2)21(18,19)13-7-5-4-6-11(13)14-12(8-9-16-14)15(17)20-3/h4-7,10,12,14,16H,8-9H2,1-3H3. The maximum absolute atomic E-state index is 12.5. The molecule has 2 rings (SSSR count). The molecule has 0 saturated carbocycles. The molecule has 1 N–H and O–H groups in total. The highest BCUT2D eigenvalue weighted by Gasteiger charge is 2.37. The van der Waals surface area contributed by atoms with Crippen LogP contribution in [0.4, 0.5) is 0 Å². The third-order valence-corrected chi connectivity index (χ3v) is 6.13. The van der Waals surface area contributed by atoms with Crippen molar-refractivity contribution >= 4 is 15.8 Å². The van der Waals surface area contributed by atoms with E-state index in [-0.39, 0.29) is 17.9 Å². The van der Waals surface area contributed by atoms with E-state index in [1.54, 1.807) is 38.1 Å². The Hall–Kier alpha value is -1.40. The molecule has 0 aliphatic carbocycles. The minimum Gasteiger partial charge on any atom is -0.469 e. The lowest BCUT2D eigenvalue weighted by Crippen LogP contribution is -2.27. The third kappa shape index (κ3) is 2.96. The molecule has 0 spiro atoms. The fraction of sp³-hybridized carbons (Fsp3) is 0.533. The Morgan fingerprint density at radius 3 is 2.62 bits per heavy atom. The minimum absolute atomic E-state index is 0.299. The van der Waals surface area contributed by atoms with Crippen LogP contribution in [0, 0.1) is 5.92 Å².